The molecule has 8 heteroatoms. The van der Waals surface area contributed by atoms with Crippen molar-refractivity contribution in [2.45, 2.75) is 29.5 Å². The first-order chi connectivity index (χ1) is 9.51. The van der Waals surface area contributed by atoms with Crippen molar-refractivity contribution in [1.29, 1.82) is 0 Å². The molecule has 2 N–H and O–H groups in total. The Bertz CT molecular complexity index is 708. The Morgan fingerprint density at radius 3 is 2.80 bits per heavy atom. The number of aliphatic hydroxyl groups excluding tert-OH is 1. The number of aromatic amines is 1. The number of hydrogen-bond acceptors (Lipinski definition) is 6. The van der Waals surface area contributed by atoms with Crippen molar-refractivity contribution >= 4 is 11.8 Å². The van der Waals surface area contributed by atoms with Crippen molar-refractivity contribution in [2.75, 3.05) is 0 Å². The minimum absolute atomic E-state index is 0.361. The Hall–Kier alpha value is -1.93. The van der Waals surface area contributed by atoms with Crippen LogP contribution in [0.4, 0.5) is 0 Å². The molecule has 0 aliphatic rings. The maximum atomic E-state index is 11.2. The monoisotopic (exact) mass is 294 g/mol. The Balaban J connectivity index is 2.24. The van der Waals surface area contributed by atoms with E-state index in [1.807, 2.05) is 6.92 Å². The van der Waals surface area contributed by atoms with Crippen LogP contribution in [0.25, 0.3) is 0 Å². The maximum absolute atomic E-state index is 11.2. The van der Waals surface area contributed by atoms with E-state index in [0.29, 0.717) is 17.3 Å². The van der Waals surface area contributed by atoms with E-state index >= 15 is 0 Å². The van der Waals surface area contributed by atoms with Crippen LogP contribution < -0.4 is 11.1 Å². The molecule has 0 unspecified atom stereocenters. The number of rotatable bonds is 4. The van der Waals surface area contributed by atoms with Crippen LogP contribution in [-0.4, -0.2) is 24.9 Å². The number of nitrogens with one attached hydrogen (secondary N) is 1. The predicted octanol–water partition coefficient (Wildman–Crippen LogP) is 0.458. The third kappa shape index (κ3) is 3.14. The van der Waals surface area contributed by atoms with Gasteiger partial charge in [0.15, 0.2) is 5.16 Å². The molecule has 0 amide bonds. The maximum Gasteiger partial charge on any atom is 0.339 e. The number of pyridine rings is 1. The highest BCUT2D eigenvalue weighted by molar-refractivity contribution is 7.99. The van der Waals surface area contributed by atoms with Gasteiger partial charge in [0.2, 0.25) is 0 Å². The van der Waals surface area contributed by atoms with Gasteiger partial charge in [-0.25, -0.2) is 0 Å². The lowest BCUT2D eigenvalue weighted by Gasteiger charge is -2.08. The fourth-order valence-electron chi connectivity index (χ4n) is 1.52. The van der Waals surface area contributed by atoms with Gasteiger partial charge in [-0.2, -0.15) is 4.98 Å². The molecule has 106 valence electrons. The summed E-state index contributed by atoms with van der Waals surface area (Å²) in [4.78, 5) is 30.9. The zero-order valence-corrected chi connectivity index (χ0v) is 11.8. The second-order valence-corrected chi connectivity index (χ2v) is 5.19. The van der Waals surface area contributed by atoms with Crippen molar-refractivity contribution in [3.63, 3.8) is 0 Å². The minimum atomic E-state index is -0.823. The number of aryl methyl sites for hydroxylation is 1. The van der Waals surface area contributed by atoms with Crippen molar-refractivity contribution in [3.05, 3.63) is 44.7 Å². The molecule has 2 heterocycles. The van der Waals surface area contributed by atoms with E-state index in [9.17, 15) is 14.7 Å². The molecule has 2 aromatic heterocycles. The van der Waals surface area contributed by atoms with Gasteiger partial charge in [-0.1, -0.05) is 6.92 Å². The lowest BCUT2D eigenvalue weighted by molar-refractivity contribution is 0.169. The fraction of sp³-hybridized carbons (Fsp3) is 0.333. The Morgan fingerprint density at radius 2 is 2.20 bits per heavy atom. The predicted molar refractivity (Wildman–Crippen MR) is 73.7 cm³/mol. The molecule has 0 fully saturated rings. The summed E-state index contributed by atoms with van der Waals surface area (Å²) in [5.41, 5.74) is -0.979. The van der Waals surface area contributed by atoms with Crippen molar-refractivity contribution in [2.24, 2.45) is 7.05 Å². The average molecular weight is 294 g/mol. The molecule has 0 saturated heterocycles. The molecule has 0 spiro atoms. The lowest BCUT2D eigenvalue weighted by Crippen LogP contribution is -2.33. The molecule has 1 atom stereocenters. The summed E-state index contributed by atoms with van der Waals surface area (Å²) < 4.78 is 1.38. The van der Waals surface area contributed by atoms with Crippen LogP contribution in [0.15, 0.2) is 38.0 Å². The molecule has 2 aromatic rings. The lowest BCUT2D eigenvalue weighted by atomic mass is 10.2. The first-order valence-corrected chi connectivity index (χ1v) is 6.82. The minimum Gasteiger partial charge on any atom is -0.387 e. The molecule has 0 radical (unpaired) electrons. The van der Waals surface area contributed by atoms with Crippen LogP contribution in [0.2, 0.25) is 0 Å². The summed E-state index contributed by atoms with van der Waals surface area (Å²) in [6.45, 7) is 1.87. The van der Waals surface area contributed by atoms with Gasteiger partial charge in [-0.05, 0) is 30.3 Å². The van der Waals surface area contributed by atoms with E-state index < -0.39 is 17.2 Å². The highest BCUT2D eigenvalue weighted by atomic mass is 32.2. The molecule has 0 aromatic carbocycles. The van der Waals surface area contributed by atoms with Crippen LogP contribution in [0.3, 0.4) is 0 Å². The quantitative estimate of drug-likeness (QED) is 0.794. The summed E-state index contributed by atoms with van der Waals surface area (Å²) >= 11 is 1.20. The molecular formula is C12H14N4O3S. The second kappa shape index (κ2) is 6.02. The Labute approximate surface area is 118 Å². The van der Waals surface area contributed by atoms with Crippen LogP contribution in [0.5, 0.6) is 0 Å². The zero-order chi connectivity index (χ0) is 14.7. The van der Waals surface area contributed by atoms with Gasteiger partial charge in [0.25, 0.3) is 0 Å². The van der Waals surface area contributed by atoms with Gasteiger partial charge in [0.1, 0.15) is 0 Å². The standard InChI is InChI=1S/C12H14N4O3S/c1-3-9(17)8-5-4-7(6-13-8)20-12-14-10(18)11(19)15-16(12)2/h4-6,9,17H,3H2,1-2H3,(H,15,19)/t9-/m1/s1. The van der Waals surface area contributed by atoms with Crippen molar-refractivity contribution in [3.8, 4) is 0 Å². The third-order valence-corrected chi connectivity index (χ3v) is 3.67. The summed E-state index contributed by atoms with van der Waals surface area (Å²) in [5, 5.41) is 12.4. The fourth-order valence-corrected chi connectivity index (χ4v) is 2.28. The molecule has 2 rings (SSSR count). The van der Waals surface area contributed by atoms with E-state index in [2.05, 4.69) is 15.1 Å². The van der Waals surface area contributed by atoms with Gasteiger partial charge in [-0.3, -0.25) is 24.4 Å². The average Bonchev–Trinajstić information content (AvgIpc) is 2.44. The second-order valence-electron chi connectivity index (χ2n) is 4.14. The van der Waals surface area contributed by atoms with Gasteiger partial charge >= 0.3 is 11.1 Å². The summed E-state index contributed by atoms with van der Waals surface area (Å²) in [7, 11) is 1.60. The molecular weight excluding hydrogens is 280 g/mol. The number of hydrogen-bond donors (Lipinski definition) is 2. The molecule has 0 aliphatic heterocycles. The van der Waals surface area contributed by atoms with E-state index in [-0.39, 0.29) is 0 Å². The molecule has 0 bridgehead atoms. The van der Waals surface area contributed by atoms with E-state index in [1.165, 1.54) is 16.4 Å². The topological polar surface area (TPSA) is 101 Å². The molecule has 7 nitrogen and oxygen atoms in total. The van der Waals surface area contributed by atoms with Crippen LogP contribution in [-0.2, 0) is 7.05 Å². The van der Waals surface area contributed by atoms with E-state index in [4.69, 9.17) is 0 Å². The number of aliphatic hydroxyl groups is 1. The van der Waals surface area contributed by atoms with Crippen LogP contribution in [0, 0.1) is 0 Å². The number of aromatic nitrogens is 4. The zero-order valence-electron chi connectivity index (χ0n) is 11.0. The largest absolute Gasteiger partial charge is 0.387 e. The van der Waals surface area contributed by atoms with Gasteiger partial charge in [0.05, 0.1) is 11.8 Å². The third-order valence-electron chi connectivity index (χ3n) is 2.64. The smallest absolute Gasteiger partial charge is 0.339 e. The summed E-state index contributed by atoms with van der Waals surface area (Å²) in [5.74, 6) is 0. The summed E-state index contributed by atoms with van der Waals surface area (Å²) in [6.07, 6.45) is 1.61. The normalized spacial score (nSPS) is 12.3. The first-order valence-electron chi connectivity index (χ1n) is 6.00. The van der Waals surface area contributed by atoms with Gasteiger partial charge in [0, 0.05) is 18.1 Å². The summed E-state index contributed by atoms with van der Waals surface area (Å²) in [6, 6.07) is 3.50. The Morgan fingerprint density at radius 1 is 1.45 bits per heavy atom. The van der Waals surface area contributed by atoms with Crippen LogP contribution in [0.1, 0.15) is 25.1 Å². The SMILES string of the molecule is CC[C@@H](O)c1ccc(Sc2nc(=O)c(=O)[nH]n2C)cn1. The molecule has 0 saturated carbocycles. The highest BCUT2D eigenvalue weighted by Crippen LogP contribution is 2.24. The number of nitrogens with zero attached hydrogens (tertiary/aromatic N) is 3. The van der Waals surface area contributed by atoms with Crippen molar-refractivity contribution < 1.29 is 5.11 Å². The van der Waals surface area contributed by atoms with Crippen molar-refractivity contribution in [1.82, 2.24) is 19.7 Å². The van der Waals surface area contributed by atoms with E-state index in [0.717, 1.165) is 4.90 Å². The van der Waals surface area contributed by atoms with Crippen LogP contribution >= 0.6 is 11.8 Å². The van der Waals surface area contributed by atoms with E-state index in [1.54, 1.807) is 25.4 Å². The molecule has 0 aliphatic carbocycles. The first kappa shape index (κ1) is 14.5. The Kier molecular flexibility index (Phi) is 4.35. The number of H-pyrrole nitrogens is 1. The van der Waals surface area contributed by atoms with Gasteiger partial charge in [-0.15, -0.1) is 0 Å². The molecule has 20 heavy (non-hydrogen) atoms. The van der Waals surface area contributed by atoms with Gasteiger partial charge < -0.3 is 5.11 Å². The highest BCUT2D eigenvalue weighted by Gasteiger charge is 2.09.